The number of nitrogens with one attached hydrogen (secondary N) is 1. The fraction of sp³-hybridized carbons (Fsp3) is 0.214. The zero-order chi connectivity index (χ0) is 11.8. The van der Waals surface area contributed by atoms with Crippen molar-refractivity contribution in [1.29, 1.82) is 0 Å². The highest BCUT2D eigenvalue weighted by Crippen LogP contribution is 2.03. The van der Waals surface area contributed by atoms with Crippen LogP contribution in [0, 0.1) is 0 Å². The van der Waals surface area contributed by atoms with Crippen molar-refractivity contribution in [2.45, 2.75) is 19.9 Å². The van der Waals surface area contributed by atoms with Gasteiger partial charge in [-0.05, 0) is 18.9 Å². The summed E-state index contributed by atoms with van der Waals surface area (Å²) in [6.07, 6.45) is 4.12. The van der Waals surface area contributed by atoms with Crippen molar-refractivity contribution >= 4 is 5.78 Å². The summed E-state index contributed by atoms with van der Waals surface area (Å²) >= 11 is 0. The molecule has 1 N–H and O–H groups in total. The van der Waals surface area contributed by atoms with Gasteiger partial charge >= 0.3 is 0 Å². The molecule has 0 unspecified atom stereocenters. The summed E-state index contributed by atoms with van der Waals surface area (Å²) in [6, 6.07) is 10.1. The van der Waals surface area contributed by atoms with Gasteiger partial charge in [-0.25, -0.2) is 0 Å². The third kappa shape index (κ3) is 4.13. The normalized spacial score (nSPS) is 10.9. The van der Waals surface area contributed by atoms with E-state index in [0.29, 0.717) is 6.42 Å². The number of ketones is 1. The van der Waals surface area contributed by atoms with Gasteiger partial charge in [-0.3, -0.25) is 4.79 Å². The molecular formula is C14H17NO. The van der Waals surface area contributed by atoms with Crippen molar-refractivity contribution in [3.05, 3.63) is 60.3 Å². The predicted molar refractivity (Wildman–Crippen MR) is 66.9 cm³/mol. The number of hydrogen-bond donors (Lipinski definition) is 1. The van der Waals surface area contributed by atoms with Crippen molar-refractivity contribution in [1.82, 2.24) is 5.32 Å². The van der Waals surface area contributed by atoms with Crippen LogP contribution in [0.4, 0.5) is 0 Å². The molecule has 16 heavy (non-hydrogen) atoms. The molecule has 1 aromatic rings. The zero-order valence-corrected chi connectivity index (χ0v) is 9.57. The highest BCUT2D eigenvalue weighted by Gasteiger charge is 2.00. The number of allylic oxidation sites excluding steroid dienone is 2. The number of rotatable bonds is 6. The van der Waals surface area contributed by atoms with Gasteiger partial charge in [0.25, 0.3) is 0 Å². The van der Waals surface area contributed by atoms with Crippen LogP contribution in [0.5, 0.6) is 0 Å². The molecule has 0 bridgehead atoms. The minimum absolute atomic E-state index is 0.0838. The number of Topliss-reactive ketones (excluding diaryl/α,β-unsaturated/α-hetero) is 1. The lowest BCUT2D eigenvalue weighted by Crippen LogP contribution is -2.08. The van der Waals surface area contributed by atoms with E-state index in [1.165, 1.54) is 5.56 Å². The van der Waals surface area contributed by atoms with Crippen LogP contribution in [-0.2, 0) is 11.3 Å². The molecule has 0 heterocycles. The molecule has 0 spiro atoms. The lowest BCUT2D eigenvalue weighted by Gasteiger charge is -2.03. The number of benzene rings is 1. The summed E-state index contributed by atoms with van der Waals surface area (Å²) < 4.78 is 0. The summed E-state index contributed by atoms with van der Waals surface area (Å²) in [4.78, 5) is 11.2. The molecule has 0 atom stereocenters. The smallest absolute Gasteiger partial charge is 0.157 e. The second-order valence-corrected chi connectivity index (χ2v) is 3.59. The predicted octanol–water partition coefficient (Wildman–Crippen LogP) is 2.83. The topological polar surface area (TPSA) is 29.1 Å². The second-order valence-electron chi connectivity index (χ2n) is 3.59. The van der Waals surface area contributed by atoms with Crippen LogP contribution in [0.3, 0.4) is 0 Å². The minimum atomic E-state index is 0.0838. The molecule has 0 saturated heterocycles. The van der Waals surface area contributed by atoms with E-state index in [0.717, 1.165) is 12.1 Å². The molecule has 0 aromatic heterocycles. The van der Waals surface area contributed by atoms with Gasteiger partial charge in [0.1, 0.15) is 0 Å². The fourth-order valence-corrected chi connectivity index (χ4v) is 1.35. The zero-order valence-electron chi connectivity index (χ0n) is 9.57. The fourth-order valence-electron chi connectivity index (χ4n) is 1.35. The van der Waals surface area contributed by atoms with Gasteiger partial charge in [-0.1, -0.05) is 36.4 Å². The van der Waals surface area contributed by atoms with Gasteiger partial charge < -0.3 is 5.32 Å². The first-order chi connectivity index (χ1) is 7.74. The Balaban J connectivity index is 2.51. The van der Waals surface area contributed by atoms with E-state index in [1.54, 1.807) is 19.2 Å². The van der Waals surface area contributed by atoms with Gasteiger partial charge in [0, 0.05) is 18.3 Å². The number of carbonyl (C=O) groups excluding carboxylic acids is 1. The van der Waals surface area contributed by atoms with E-state index >= 15 is 0 Å². The van der Waals surface area contributed by atoms with E-state index in [1.807, 2.05) is 30.3 Å². The molecule has 0 aliphatic carbocycles. The third-order valence-electron chi connectivity index (χ3n) is 2.24. The van der Waals surface area contributed by atoms with Crippen molar-refractivity contribution < 1.29 is 4.79 Å². The van der Waals surface area contributed by atoms with Crippen molar-refractivity contribution in [2.24, 2.45) is 0 Å². The molecule has 0 saturated carbocycles. The van der Waals surface area contributed by atoms with Crippen LogP contribution in [0.2, 0.25) is 0 Å². The third-order valence-corrected chi connectivity index (χ3v) is 2.24. The summed E-state index contributed by atoms with van der Waals surface area (Å²) in [5, 5.41) is 3.14. The van der Waals surface area contributed by atoms with Crippen LogP contribution >= 0.6 is 0 Å². The maximum atomic E-state index is 11.2. The second kappa shape index (κ2) is 6.62. The molecule has 0 aliphatic rings. The highest BCUT2D eigenvalue weighted by atomic mass is 16.1. The number of carbonyl (C=O) groups is 1. The molecule has 0 aliphatic heterocycles. The van der Waals surface area contributed by atoms with Crippen LogP contribution in [-0.4, -0.2) is 5.78 Å². The average Bonchev–Trinajstić information content (AvgIpc) is 2.29. The van der Waals surface area contributed by atoms with Crippen molar-refractivity contribution in [3.63, 3.8) is 0 Å². The Kier molecular flexibility index (Phi) is 5.06. The van der Waals surface area contributed by atoms with Gasteiger partial charge in [0.15, 0.2) is 5.78 Å². The molecule has 2 heteroatoms. The Hall–Kier alpha value is -1.83. The molecule has 0 radical (unpaired) electrons. The lowest BCUT2D eigenvalue weighted by atomic mass is 10.1. The van der Waals surface area contributed by atoms with Gasteiger partial charge in [-0.15, -0.1) is 6.58 Å². The Morgan fingerprint density at radius 3 is 2.62 bits per heavy atom. The van der Waals surface area contributed by atoms with E-state index < -0.39 is 0 Å². The largest absolute Gasteiger partial charge is 0.386 e. The molecule has 0 amide bonds. The molecule has 1 aromatic carbocycles. The molecule has 2 nitrogen and oxygen atoms in total. The number of hydrogen-bond acceptors (Lipinski definition) is 2. The highest BCUT2D eigenvalue weighted by molar-refractivity contribution is 5.93. The summed E-state index contributed by atoms with van der Waals surface area (Å²) in [5.41, 5.74) is 1.95. The Labute approximate surface area is 96.7 Å². The molecular weight excluding hydrogens is 198 g/mol. The molecule has 1 rings (SSSR count). The first kappa shape index (κ1) is 12.2. The summed E-state index contributed by atoms with van der Waals surface area (Å²) in [6.45, 7) is 5.93. The standard InChI is InChI=1S/C14H17NO/c1-3-7-14(12(2)16)11-15-10-13-8-5-4-6-9-13/h3-6,8-9,11,15H,1,7,10H2,2H3. The molecule has 0 fully saturated rings. The van der Waals surface area contributed by atoms with E-state index in [4.69, 9.17) is 0 Å². The Morgan fingerprint density at radius 1 is 1.38 bits per heavy atom. The van der Waals surface area contributed by atoms with Crippen LogP contribution < -0.4 is 5.32 Å². The lowest BCUT2D eigenvalue weighted by molar-refractivity contribution is -0.113. The summed E-state index contributed by atoms with van der Waals surface area (Å²) in [7, 11) is 0. The van der Waals surface area contributed by atoms with Crippen molar-refractivity contribution in [2.75, 3.05) is 0 Å². The first-order valence-electron chi connectivity index (χ1n) is 5.32. The maximum Gasteiger partial charge on any atom is 0.157 e. The van der Waals surface area contributed by atoms with E-state index in [9.17, 15) is 4.79 Å². The van der Waals surface area contributed by atoms with Crippen LogP contribution in [0.25, 0.3) is 0 Å². The van der Waals surface area contributed by atoms with Crippen LogP contribution in [0.1, 0.15) is 18.9 Å². The summed E-state index contributed by atoms with van der Waals surface area (Å²) in [5.74, 6) is 0.0838. The first-order valence-corrected chi connectivity index (χ1v) is 5.32. The van der Waals surface area contributed by atoms with Crippen molar-refractivity contribution in [3.8, 4) is 0 Å². The molecule has 84 valence electrons. The van der Waals surface area contributed by atoms with Crippen LogP contribution in [0.15, 0.2) is 54.8 Å². The Morgan fingerprint density at radius 2 is 2.06 bits per heavy atom. The average molecular weight is 215 g/mol. The van der Waals surface area contributed by atoms with Gasteiger partial charge in [0.05, 0.1) is 0 Å². The van der Waals surface area contributed by atoms with E-state index in [-0.39, 0.29) is 5.78 Å². The van der Waals surface area contributed by atoms with Gasteiger partial charge in [-0.2, -0.15) is 0 Å². The maximum absolute atomic E-state index is 11.2. The Bertz CT molecular complexity index is 379. The quantitative estimate of drug-likeness (QED) is 0.584. The minimum Gasteiger partial charge on any atom is -0.386 e. The monoisotopic (exact) mass is 215 g/mol. The van der Waals surface area contributed by atoms with E-state index in [2.05, 4.69) is 11.9 Å². The van der Waals surface area contributed by atoms with Gasteiger partial charge in [0.2, 0.25) is 0 Å². The SMILES string of the molecule is C=CCC(=CNCc1ccccc1)C(C)=O.